The average Bonchev–Trinajstić information content (AvgIpc) is 2.46. The van der Waals surface area contributed by atoms with Gasteiger partial charge in [0.05, 0.1) is 11.5 Å². The van der Waals surface area contributed by atoms with Crippen molar-refractivity contribution >= 4 is 10.0 Å². The van der Waals surface area contributed by atoms with E-state index in [1.54, 1.807) is 18.2 Å². The van der Waals surface area contributed by atoms with Crippen LogP contribution < -0.4 is 4.72 Å². The predicted molar refractivity (Wildman–Crippen MR) is 83.5 cm³/mol. The molecule has 1 aromatic carbocycles. The summed E-state index contributed by atoms with van der Waals surface area (Å²) < 4.78 is 27.6. The van der Waals surface area contributed by atoms with Crippen molar-refractivity contribution in [1.82, 2.24) is 4.72 Å². The number of aliphatic hydroxyl groups excluding tert-OH is 1. The van der Waals surface area contributed by atoms with Gasteiger partial charge in [-0.15, -0.1) is 0 Å². The van der Waals surface area contributed by atoms with Crippen LogP contribution in [0.4, 0.5) is 0 Å². The lowest BCUT2D eigenvalue weighted by Gasteiger charge is -2.33. The van der Waals surface area contributed by atoms with Crippen LogP contribution in [-0.2, 0) is 16.6 Å². The number of aryl methyl sites for hydroxylation is 1. The number of nitrogens with one attached hydrogen (secondary N) is 1. The van der Waals surface area contributed by atoms with Crippen molar-refractivity contribution in [2.24, 2.45) is 5.41 Å². The van der Waals surface area contributed by atoms with Gasteiger partial charge in [-0.05, 0) is 48.4 Å². The van der Waals surface area contributed by atoms with E-state index in [-0.39, 0.29) is 16.9 Å². The molecule has 0 unspecified atom stereocenters. The lowest BCUT2D eigenvalue weighted by molar-refractivity contribution is 0.219. The van der Waals surface area contributed by atoms with E-state index in [9.17, 15) is 13.5 Å². The van der Waals surface area contributed by atoms with Crippen molar-refractivity contribution < 1.29 is 13.5 Å². The van der Waals surface area contributed by atoms with E-state index in [1.807, 2.05) is 6.92 Å². The molecule has 1 aromatic rings. The summed E-state index contributed by atoms with van der Waals surface area (Å²) in [4.78, 5) is 0.233. The smallest absolute Gasteiger partial charge is 0.240 e. The summed E-state index contributed by atoms with van der Waals surface area (Å²) in [6, 6.07) is 4.89. The second-order valence-corrected chi connectivity index (χ2v) is 8.21. The first-order valence-corrected chi connectivity index (χ1v) is 9.05. The molecule has 1 saturated carbocycles. The number of benzene rings is 1. The van der Waals surface area contributed by atoms with Gasteiger partial charge in [0.1, 0.15) is 0 Å². The Labute approximate surface area is 127 Å². The van der Waals surface area contributed by atoms with Gasteiger partial charge in [-0.25, -0.2) is 13.1 Å². The Bertz CT molecular complexity index is 590. The maximum Gasteiger partial charge on any atom is 0.240 e. The van der Waals surface area contributed by atoms with E-state index < -0.39 is 10.0 Å². The quantitative estimate of drug-likeness (QED) is 0.878. The molecule has 1 aliphatic rings. The zero-order chi connectivity index (χ0) is 15.5. The summed E-state index contributed by atoms with van der Waals surface area (Å²) >= 11 is 0. The van der Waals surface area contributed by atoms with Crippen LogP contribution in [-0.4, -0.2) is 20.1 Å². The summed E-state index contributed by atoms with van der Waals surface area (Å²) in [6.45, 7) is 4.35. The van der Waals surface area contributed by atoms with Gasteiger partial charge in [0.15, 0.2) is 0 Å². The van der Waals surface area contributed by atoms with Crippen LogP contribution in [0.25, 0.3) is 0 Å². The normalized spacial score (nSPS) is 18.6. The molecule has 2 N–H and O–H groups in total. The van der Waals surface area contributed by atoms with E-state index in [2.05, 4.69) is 11.6 Å². The fourth-order valence-electron chi connectivity index (χ4n) is 2.92. The van der Waals surface area contributed by atoms with Crippen LogP contribution in [0.15, 0.2) is 23.1 Å². The second kappa shape index (κ2) is 6.46. The lowest BCUT2D eigenvalue weighted by atomic mass is 9.76. The maximum atomic E-state index is 12.4. The van der Waals surface area contributed by atoms with Gasteiger partial charge in [-0.1, -0.05) is 32.3 Å². The van der Waals surface area contributed by atoms with E-state index >= 15 is 0 Å². The van der Waals surface area contributed by atoms with Crippen LogP contribution in [0, 0.1) is 12.3 Å². The lowest BCUT2D eigenvalue weighted by Crippen LogP contribution is -2.37. The highest BCUT2D eigenvalue weighted by Gasteiger charge is 2.28. The highest BCUT2D eigenvalue weighted by Crippen LogP contribution is 2.35. The van der Waals surface area contributed by atoms with Gasteiger partial charge in [0.2, 0.25) is 10.0 Å². The first-order chi connectivity index (χ1) is 9.86. The minimum absolute atomic E-state index is 0.0653. The molecule has 0 bridgehead atoms. The molecule has 118 valence electrons. The molecule has 0 amide bonds. The van der Waals surface area contributed by atoms with Gasteiger partial charge in [-0.2, -0.15) is 0 Å². The summed E-state index contributed by atoms with van der Waals surface area (Å²) in [7, 11) is -3.51. The van der Waals surface area contributed by atoms with Gasteiger partial charge in [0.25, 0.3) is 0 Å². The van der Waals surface area contributed by atoms with E-state index in [4.69, 9.17) is 0 Å². The summed E-state index contributed by atoms with van der Waals surface area (Å²) in [5.41, 5.74) is 1.62. The summed E-state index contributed by atoms with van der Waals surface area (Å²) in [5, 5.41) is 9.27. The van der Waals surface area contributed by atoms with Crippen molar-refractivity contribution in [3.05, 3.63) is 29.3 Å². The van der Waals surface area contributed by atoms with Gasteiger partial charge >= 0.3 is 0 Å². The first-order valence-electron chi connectivity index (χ1n) is 7.56. The van der Waals surface area contributed by atoms with Crippen LogP contribution in [0.3, 0.4) is 0 Å². The molecule has 0 saturated heterocycles. The number of hydrogen-bond acceptors (Lipinski definition) is 3. The summed E-state index contributed by atoms with van der Waals surface area (Å²) in [6.07, 6.45) is 5.76. The molecule has 1 aliphatic carbocycles. The van der Waals surface area contributed by atoms with Crippen LogP contribution in [0.5, 0.6) is 0 Å². The molecule has 2 rings (SSSR count). The monoisotopic (exact) mass is 311 g/mol. The predicted octanol–water partition coefficient (Wildman–Crippen LogP) is 2.74. The van der Waals surface area contributed by atoms with Crippen molar-refractivity contribution in [2.45, 2.75) is 57.5 Å². The third kappa shape index (κ3) is 4.05. The minimum Gasteiger partial charge on any atom is -0.392 e. The summed E-state index contributed by atoms with van der Waals surface area (Å²) in [5.74, 6) is 0. The molecule has 0 aromatic heterocycles. The molecule has 4 nitrogen and oxygen atoms in total. The second-order valence-electron chi connectivity index (χ2n) is 6.44. The third-order valence-corrected chi connectivity index (χ3v) is 5.95. The van der Waals surface area contributed by atoms with Crippen molar-refractivity contribution in [3.63, 3.8) is 0 Å². The number of rotatable bonds is 5. The Kier molecular flexibility index (Phi) is 5.07. The fraction of sp³-hybridized carbons (Fsp3) is 0.625. The molecule has 21 heavy (non-hydrogen) atoms. The Morgan fingerprint density at radius 1 is 1.24 bits per heavy atom. The van der Waals surface area contributed by atoms with Crippen LogP contribution in [0.1, 0.15) is 50.2 Å². The SMILES string of the molecule is Cc1ccc(S(=O)(=O)NCC2(C)CCCCC2)cc1CO. The van der Waals surface area contributed by atoms with Crippen LogP contribution >= 0.6 is 0 Å². The number of sulfonamides is 1. The van der Waals surface area contributed by atoms with Crippen molar-refractivity contribution in [2.75, 3.05) is 6.54 Å². The Hall–Kier alpha value is -0.910. The van der Waals surface area contributed by atoms with Gasteiger partial charge < -0.3 is 5.11 Å². The van der Waals surface area contributed by atoms with Crippen molar-refractivity contribution in [3.8, 4) is 0 Å². The molecular formula is C16H25NO3S. The minimum atomic E-state index is -3.51. The number of aliphatic hydroxyl groups is 1. The average molecular weight is 311 g/mol. The van der Waals surface area contributed by atoms with E-state index in [0.29, 0.717) is 12.1 Å². The van der Waals surface area contributed by atoms with Gasteiger partial charge in [0, 0.05) is 6.54 Å². The molecule has 0 radical (unpaired) electrons. The van der Waals surface area contributed by atoms with Gasteiger partial charge in [-0.3, -0.25) is 0 Å². The van der Waals surface area contributed by atoms with Crippen molar-refractivity contribution in [1.29, 1.82) is 0 Å². The Balaban J connectivity index is 2.11. The van der Waals surface area contributed by atoms with Crippen LogP contribution in [0.2, 0.25) is 0 Å². The molecule has 0 heterocycles. The van der Waals surface area contributed by atoms with E-state index in [1.165, 1.54) is 19.3 Å². The highest BCUT2D eigenvalue weighted by atomic mass is 32.2. The molecular weight excluding hydrogens is 286 g/mol. The molecule has 0 spiro atoms. The third-order valence-electron chi connectivity index (χ3n) is 4.55. The zero-order valence-corrected chi connectivity index (χ0v) is 13.7. The van der Waals surface area contributed by atoms with E-state index in [0.717, 1.165) is 18.4 Å². The molecule has 1 fully saturated rings. The fourth-order valence-corrected chi connectivity index (χ4v) is 4.17. The highest BCUT2D eigenvalue weighted by molar-refractivity contribution is 7.89. The number of hydrogen-bond donors (Lipinski definition) is 2. The molecule has 5 heteroatoms. The topological polar surface area (TPSA) is 66.4 Å². The molecule has 0 atom stereocenters. The zero-order valence-electron chi connectivity index (χ0n) is 12.9. The molecule has 0 aliphatic heterocycles. The first kappa shape index (κ1) is 16.5. The Morgan fingerprint density at radius 3 is 2.52 bits per heavy atom. The maximum absolute atomic E-state index is 12.4. The Morgan fingerprint density at radius 2 is 1.90 bits per heavy atom. The largest absolute Gasteiger partial charge is 0.392 e. The standard InChI is InChI=1S/C16H25NO3S/c1-13-6-7-15(10-14(13)11-18)21(19,20)17-12-16(2)8-4-3-5-9-16/h6-7,10,17-18H,3-5,8-9,11-12H2,1-2H3.